The van der Waals surface area contributed by atoms with Crippen molar-refractivity contribution in [3.8, 4) is 11.1 Å². The molecule has 3 nitrogen and oxygen atoms in total. The van der Waals surface area contributed by atoms with E-state index in [9.17, 15) is 0 Å². The summed E-state index contributed by atoms with van der Waals surface area (Å²) in [6.45, 7) is 2.71. The topological polar surface area (TPSA) is 37.8 Å². The van der Waals surface area contributed by atoms with Crippen molar-refractivity contribution in [2.45, 2.75) is 13.3 Å². The van der Waals surface area contributed by atoms with Gasteiger partial charge in [-0.25, -0.2) is 0 Å². The number of nitrogens with zero attached hydrogens (tertiary/aromatic N) is 2. The van der Waals surface area contributed by atoms with Crippen LogP contribution in [0.3, 0.4) is 0 Å². The first-order valence-corrected chi connectivity index (χ1v) is 7.03. The average molecular weight is 296 g/mol. The quantitative estimate of drug-likeness (QED) is 0.665. The summed E-state index contributed by atoms with van der Waals surface area (Å²) < 4.78 is 0. The number of anilines is 1. The molecule has 1 heterocycles. The van der Waals surface area contributed by atoms with Gasteiger partial charge in [0.1, 0.15) is 0 Å². The summed E-state index contributed by atoms with van der Waals surface area (Å²) >= 11 is 11.8. The van der Waals surface area contributed by atoms with E-state index in [1.54, 1.807) is 0 Å². The van der Waals surface area contributed by atoms with Crippen molar-refractivity contribution in [3.05, 3.63) is 41.0 Å². The van der Waals surface area contributed by atoms with Gasteiger partial charge in [-0.2, -0.15) is 0 Å². The molecule has 0 spiro atoms. The fourth-order valence-corrected chi connectivity index (χ4v) is 2.12. The molecular weight excluding hydrogens is 281 g/mol. The second-order valence-corrected chi connectivity index (χ2v) is 4.91. The van der Waals surface area contributed by atoms with E-state index in [1.807, 2.05) is 37.3 Å². The minimum atomic E-state index is 0.432. The number of aromatic nitrogens is 2. The van der Waals surface area contributed by atoms with Crippen LogP contribution in [-0.4, -0.2) is 22.6 Å². The summed E-state index contributed by atoms with van der Waals surface area (Å²) in [4.78, 5) is 0. The highest BCUT2D eigenvalue weighted by atomic mass is 35.5. The minimum absolute atomic E-state index is 0.432. The van der Waals surface area contributed by atoms with E-state index < -0.39 is 0 Å². The van der Waals surface area contributed by atoms with Gasteiger partial charge >= 0.3 is 0 Å². The van der Waals surface area contributed by atoms with Gasteiger partial charge in [0, 0.05) is 18.0 Å². The smallest absolute Gasteiger partial charge is 0.156 e. The van der Waals surface area contributed by atoms with Gasteiger partial charge in [-0.15, -0.1) is 21.8 Å². The van der Waals surface area contributed by atoms with Gasteiger partial charge in [-0.1, -0.05) is 41.9 Å². The summed E-state index contributed by atoms with van der Waals surface area (Å²) in [5, 5.41) is 11.8. The van der Waals surface area contributed by atoms with Crippen LogP contribution in [0.1, 0.15) is 12.0 Å². The molecule has 1 aromatic heterocycles. The number of halogens is 2. The molecule has 0 saturated heterocycles. The zero-order valence-corrected chi connectivity index (χ0v) is 12.2. The fraction of sp³-hybridized carbons (Fsp3) is 0.286. The maximum Gasteiger partial charge on any atom is 0.156 e. The van der Waals surface area contributed by atoms with Crippen LogP contribution in [0, 0.1) is 6.92 Å². The maximum atomic E-state index is 6.07. The number of alkyl halides is 1. The van der Waals surface area contributed by atoms with Gasteiger partial charge in [0.15, 0.2) is 11.0 Å². The lowest BCUT2D eigenvalue weighted by atomic mass is 10.0. The number of hydrogen-bond donors (Lipinski definition) is 1. The Hall–Kier alpha value is -1.32. The van der Waals surface area contributed by atoms with E-state index in [1.165, 1.54) is 0 Å². The first-order valence-electron chi connectivity index (χ1n) is 6.12. The maximum absolute atomic E-state index is 6.07. The van der Waals surface area contributed by atoms with E-state index in [4.69, 9.17) is 23.2 Å². The highest BCUT2D eigenvalue weighted by Crippen LogP contribution is 2.32. The van der Waals surface area contributed by atoms with E-state index >= 15 is 0 Å². The van der Waals surface area contributed by atoms with E-state index in [0.717, 1.165) is 35.5 Å². The molecule has 5 heteroatoms. The number of nitrogens with one attached hydrogen (secondary N) is 1. The van der Waals surface area contributed by atoms with Gasteiger partial charge in [0.05, 0.1) is 0 Å². The molecule has 0 fully saturated rings. The lowest BCUT2D eigenvalue weighted by Gasteiger charge is -2.13. The zero-order chi connectivity index (χ0) is 13.7. The van der Waals surface area contributed by atoms with Crippen molar-refractivity contribution in [1.82, 2.24) is 10.2 Å². The Morgan fingerprint density at radius 2 is 1.89 bits per heavy atom. The van der Waals surface area contributed by atoms with Crippen LogP contribution < -0.4 is 5.32 Å². The fourth-order valence-electron chi connectivity index (χ4n) is 1.86. The SMILES string of the molecule is Cc1c(Cl)nnc(NCCCCl)c1-c1ccccc1. The van der Waals surface area contributed by atoms with Crippen LogP contribution in [0.4, 0.5) is 5.82 Å². The van der Waals surface area contributed by atoms with E-state index in [-0.39, 0.29) is 0 Å². The predicted molar refractivity (Wildman–Crippen MR) is 81.0 cm³/mol. The van der Waals surface area contributed by atoms with Gasteiger partial charge in [-0.3, -0.25) is 0 Å². The van der Waals surface area contributed by atoms with Crippen LogP contribution in [0.15, 0.2) is 30.3 Å². The molecule has 19 heavy (non-hydrogen) atoms. The molecule has 0 bridgehead atoms. The lowest BCUT2D eigenvalue weighted by molar-refractivity contribution is 0.945. The Morgan fingerprint density at radius 3 is 2.58 bits per heavy atom. The molecule has 0 radical (unpaired) electrons. The lowest BCUT2D eigenvalue weighted by Crippen LogP contribution is -2.07. The summed E-state index contributed by atoms with van der Waals surface area (Å²) in [6, 6.07) is 10.0. The Balaban J connectivity index is 2.41. The normalized spacial score (nSPS) is 10.5. The van der Waals surface area contributed by atoms with Gasteiger partial charge < -0.3 is 5.32 Å². The summed E-state index contributed by atoms with van der Waals surface area (Å²) in [7, 11) is 0. The summed E-state index contributed by atoms with van der Waals surface area (Å²) in [6.07, 6.45) is 0.874. The molecule has 100 valence electrons. The number of hydrogen-bond acceptors (Lipinski definition) is 3. The summed E-state index contributed by atoms with van der Waals surface area (Å²) in [5.74, 6) is 1.37. The van der Waals surface area contributed by atoms with Gasteiger partial charge in [0.25, 0.3) is 0 Å². The second kappa shape index (κ2) is 6.73. The molecule has 0 aliphatic carbocycles. The molecule has 0 amide bonds. The van der Waals surface area contributed by atoms with Crippen LogP contribution in [-0.2, 0) is 0 Å². The Labute approximate surface area is 123 Å². The molecule has 0 unspecified atom stereocenters. The molecule has 1 N–H and O–H groups in total. The van der Waals surface area contributed by atoms with Crippen LogP contribution in [0.2, 0.25) is 5.15 Å². The molecule has 2 rings (SSSR count). The minimum Gasteiger partial charge on any atom is -0.368 e. The first-order chi connectivity index (χ1) is 9.24. The van der Waals surface area contributed by atoms with Crippen LogP contribution in [0.5, 0.6) is 0 Å². The van der Waals surface area contributed by atoms with Crippen molar-refractivity contribution in [2.75, 3.05) is 17.7 Å². The highest BCUT2D eigenvalue weighted by Gasteiger charge is 2.13. The standard InChI is InChI=1S/C14H15Cl2N3/c1-10-12(11-6-3-2-4-7-11)14(17-9-5-8-15)19-18-13(10)16/h2-4,6-7H,5,8-9H2,1H3,(H,17,19). The molecule has 2 aromatic rings. The third kappa shape index (κ3) is 3.37. The number of benzene rings is 1. The van der Waals surface area contributed by atoms with Crippen LogP contribution >= 0.6 is 23.2 Å². The average Bonchev–Trinajstić information content (AvgIpc) is 2.44. The third-order valence-electron chi connectivity index (χ3n) is 2.82. The van der Waals surface area contributed by atoms with Crippen molar-refractivity contribution in [3.63, 3.8) is 0 Å². The molecule has 0 atom stereocenters. The highest BCUT2D eigenvalue weighted by molar-refractivity contribution is 6.30. The van der Waals surface area contributed by atoms with Crippen molar-refractivity contribution in [1.29, 1.82) is 0 Å². The summed E-state index contributed by atoms with van der Waals surface area (Å²) in [5.41, 5.74) is 3.00. The molecular formula is C14H15Cl2N3. The molecule has 0 aliphatic rings. The van der Waals surface area contributed by atoms with E-state index in [2.05, 4.69) is 15.5 Å². The molecule has 0 saturated carbocycles. The molecule has 1 aromatic carbocycles. The third-order valence-corrected chi connectivity index (χ3v) is 3.45. The van der Waals surface area contributed by atoms with Gasteiger partial charge in [0.2, 0.25) is 0 Å². The monoisotopic (exact) mass is 295 g/mol. The van der Waals surface area contributed by atoms with Crippen molar-refractivity contribution in [2.24, 2.45) is 0 Å². The Bertz CT molecular complexity index is 544. The number of rotatable bonds is 5. The zero-order valence-electron chi connectivity index (χ0n) is 10.7. The second-order valence-electron chi connectivity index (χ2n) is 4.17. The van der Waals surface area contributed by atoms with Crippen molar-refractivity contribution >= 4 is 29.0 Å². The van der Waals surface area contributed by atoms with Crippen LogP contribution in [0.25, 0.3) is 11.1 Å². The first kappa shape index (κ1) is 14.1. The Morgan fingerprint density at radius 1 is 1.16 bits per heavy atom. The predicted octanol–water partition coefficient (Wildman–Crippen LogP) is 4.15. The molecule has 0 aliphatic heterocycles. The van der Waals surface area contributed by atoms with Crippen molar-refractivity contribution < 1.29 is 0 Å². The van der Waals surface area contributed by atoms with Gasteiger partial charge in [-0.05, 0) is 24.5 Å². The largest absolute Gasteiger partial charge is 0.368 e. The Kier molecular flexibility index (Phi) is 5.00. The van der Waals surface area contributed by atoms with E-state index in [0.29, 0.717) is 11.0 Å².